The predicted molar refractivity (Wildman–Crippen MR) is 264 cm³/mol. The molecule has 12 aromatic rings. The molecule has 10 aromatic carbocycles. The molecule has 0 bridgehead atoms. The minimum Gasteiger partial charge on any atom is -0.456 e. The van der Waals surface area contributed by atoms with Crippen LogP contribution >= 0.6 is 0 Å². The highest BCUT2D eigenvalue weighted by Crippen LogP contribution is 2.45. The molecule has 3 nitrogen and oxygen atoms in total. The Labute approximate surface area is 361 Å². The number of nitrogens with zero attached hydrogens (tertiary/aromatic N) is 2. The summed E-state index contributed by atoms with van der Waals surface area (Å²) >= 11 is 0. The molecule has 0 atom stereocenters. The van der Waals surface area contributed by atoms with E-state index in [4.69, 9.17) is 4.42 Å². The first kappa shape index (κ1) is 36.0. The number of rotatable bonds is 8. The van der Waals surface area contributed by atoms with E-state index in [1.807, 2.05) is 0 Å². The molecule has 0 saturated carbocycles. The second-order valence-corrected chi connectivity index (χ2v) is 19.8. The van der Waals surface area contributed by atoms with E-state index < -0.39 is 8.07 Å². The monoisotopic (exact) mass is 808 g/mol. The third-order valence-electron chi connectivity index (χ3n) is 12.7. The topological polar surface area (TPSA) is 21.3 Å². The summed E-state index contributed by atoms with van der Waals surface area (Å²) in [5.41, 5.74) is 8.39. The largest absolute Gasteiger partial charge is 0.456 e. The Morgan fingerprint density at radius 2 is 0.903 bits per heavy atom. The number of anilines is 3. The Hall–Kier alpha value is -7.92. The number of fused-ring (bicyclic) bond motifs is 8. The SMILES string of the molecule is c1ccc(-n2c3ccccc3c3c(N(c4ccc([Si](c5ccccc5)(c5ccccc5)c5ccccc5)cc4)c4ccc5c(c4)oc4ccc6ccccc6c45)cccc32)cc1. The number of benzene rings is 10. The fourth-order valence-electron chi connectivity index (χ4n) is 10.1. The molecule has 0 unspecified atom stereocenters. The molecule has 2 aromatic heterocycles. The number of para-hydroxylation sites is 2. The molecule has 0 aliphatic rings. The Kier molecular flexibility index (Phi) is 8.51. The van der Waals surface area contributed by atoms with Crippen LogP contribution in [0, 0.1) is 0 Å². The third-order valence-corrected chi connectivity index (χ3v) is 17.5. The van der Waals surface area contributed by atoms with Crippen LogP contribution in [-0.2, 0) is 0 Å². The number of hydrogen-bond donors (Lipinski definition) is 0. The molecule has 0 N–H and O–H groups in total. The van der Waals surface area contributed by atoms with E-state index in [1.165, 1.54) is 47.8 Å². The first-order chi connectivity index (χ1) is 30.8. The lowest BCUT2D eigenvalue weighted by molar-refractivity contribution is 0.669. The van der Waals surface area contributed by atoms with E-state index in [0.29, 0.717) is 0 Å². The molecule has 0 saturated heterocycles. The van der Waals surface area contributed by atoms with Crippen molar-refractivity contribution >= 4 is 100 Å². The highest BCUT2D eigenvalue weighted by atomic mass is 28.3. The van der Waals surface area contributed by atoms with Gasteiger partial charge in [0.25, 0.3) is 0 Å². The van der Waals surface area contributed by atoms with Crippen molar-refractivity contribution in [1.82, 2.24) is 4.57 Å². The molecule has 0 radical (unpaired) electrons. The average Bonchev–Trinajstić information content (AvgIpc) is 3.90. The lowest BCUT2D eigenvalue weighted by Gasteiger charge is -2.35. The first-order valence-electron chi connectivity index (χ1n) is 21.3. The van der Waals surface area contributed by atoms with E-state index in [0.717, 1.165) is 50.2 Å². The minimum atomic E-state index is -2.74. The maximum atomic E-state index is 6.73. The smallest absolute Gasteiger partial charge is 0.179 e. The Morgan fingerprint density at radius 1 is 0.355 bits per heavy atom. The highest BCUT2D eigenvalue weighted by molar-refractivity contribution is 7.19. The van der Waals surface area contributed by atoms with Crippen LogP contribution in [0.1, 0.15) is 0 Å². The third kappa shape index (κ3) is 5.58. The van der Waals surface area contributed by atoms with Crippen molar-refractivity contribution in [2.45, 2.75) is 0 Å². The van der Waals surface area contributed by atoms with E-state index in [9.17, 15) is 0 Å². The summed E-state index contributed by atoms with van der Waals surface area (Å²) in [6.45, 7) is 0. The summed E-state index contributed by atoms with van der Waals surface area (Å²) in [6.07, 6.45) is 0. The van der Waals surface area contributed by atoms with Gasteiger partial charge in [0, 0.05) is 44.7 Å². The molecular weight excluding hydrogens is 769 g/mol. The van der Waals surface area contributed by atoms with E-state index in [2.05, 4.69) is 252 Å². The molecule has 0 spiro atoms. The van der Waals surface area contributed by atoms with Gasteiger partial charge in [0.15, 0.2) is 8.07 Å². The first-order valence-corrected chi connectivity index (χ1v) is 23.3. The van der Waals surface area contributed by atoms with Crippen molar-refractivity contribution in [3.63, 3.8) is 0 Å². The summed E-state index contributed by atoms with van der Waals surface area (Å²) in [7, 11) is -2.74. The van der Waals surface area contributed by atoms with E-state index in [-0.39, 0.29) is 0 Å². The molecule has 0 aliphatic carbocycles. The maximum Gasteiger partial charge on any atom is 0.179 e. The summed E-state index contributed by atoms with van der Waals surface area (Å²) in [5, 5.41) is 12.4. The van der Waals surface area contributed by atoms with E-state index >= 15 is 0 Å². The zero-order valence-electron chi connectivity index (χ0n) is 33.9. The molecule has 62 heavy (non-hydrogen) atoms. The van der Waals surface area contributed by atoms with Gasteiger partial charge in [0.05, 0.1) is 16.7 Å². The number of furan rings is 1. The Morgan fingerprint density at radius 3 is 1.58 bits per heavy atom. The Balaban J connectivity index is 1.12. The van der Waals surface area contributed by atoms with Gasteiger partial charge >= 0.3 is 0 Å². The standard InChI is InChI=1S/C58H40N2OSi/c1-5-19-42(20-6-1)60-52-29-16-15-28-50(52)58-53(30-17-31-54(58)60)59(44-35-38-51-56(40-44)61-55-39-32-41-18-13-14-27-49(41)57(51)55)43-33-36-48(37-34-43)62(45-21-7-2-8-22-45,46-23-9-3-10-24-46)47-25-11-4-12-26-47/h1-40H. The van der Waals surface area contributed by atoms with Gasteiger partial charge < -0.3 is 13.9 Å². The van der Waals surface area contributed by atoms with Gasteiger partial charge in [-0.2, -0.15) is 0 Å². The fourth-order valence-corrected chi connectivity index (χ4v) is 14.8. The van der Waals surface area contributed by atoms with Crippen LogP contribution in [0.2, 0.25) is 0 Å². The normalized spacial score (nSPS) is 11.9. The zero-order valence-corrected chi connectivity index (χ0v) is 34.9. The van der Waals surface area contributed by atoms with Gasteiger partial charge in [0.1, 0.15) is 11.2 Å². The zero-order chi connectivity index (χ0) is 41.0. The summed E-state index contributed by atoms with van der Waals surface area (Å²) in [5.74, 6) is 0. The lowest BCUT2D eigenvalue weighted by atomic mass is 10.0. The van der Waals surface area contributed by atoms with Gasteiger partial charge in [-0.1, -0.05) is 176 Å². The molecule has 4 heteroatoms. The second-order valence-electron chi connectivity index (χ2n) is 16.0. The average molecular weight is 809 g/mol. The van der Waals surface area contributed by atoms with Crippen LogP contribution in [0.4, 0.5) is 17.1 Å². The van der Waals surface area contributed by atoms with Crippen molar-refractivity contribution in [3.8, 4) is 5.69 Å². The minimum absolute atomic E-state index is 0.859. The van der Waals surface area contributed by atoms with Crippen molar-refractivity contribution in [2.75, 3.05) is 4.90 Å². The lowest BCUT2D eigenvalue weighted by Crippen LogP contribution is -2.74. The Bertz CT molecular complexity index is 3460. The quantitative estimate of drug-likeness (QED) is 0.113. The second kappa shape index (κ2) is 14.7. The van der Waals surface area contributed by atoms with Crippen LogP contribution in [-0.4, -0.2) is 12.6 Å². The van der Waals surface area contributed by atoms with Crippen molar-refractivity contribution in [1.29, 1.82) is 0 Å². The molecule has 0 amide bonds. The van der Waals surface area contributed by atoms with Gasteiger partial charge in [-0.3, -0.25) is 0 Å². The molecule has 0 aliphatic heterocycles. The maximum absolute atomic E-state index is 6.73. The van der Waals surface area contributed by atoms with Crippen LogP contribution in [0.25, 0.3) is 60.2 Å². The number of aromatic nitrogens is 1. The predicted octanol–water partition coefficient (Wildman–Crippen LogP) is 12.7. The van der Waals surface area contributed by atoms with Crippen LogP contribution in [0.3, 0.4) is 0 Å². The van der Waals surface area contributed by atoms with Crippen LogP contribution < -0.4 is 25.6 Å². The fraction of sp³-hybridized carbons (Fsp3) is 0. The van der Waals surface area contributed by atoms with Gasteiger partial charge in [-0.05, 0) is 92.2 Å². The van der Waals surface area contributed by atoms with Crippen molar-refractivity contribution in [3.05, 3.63) is 243 Å². The van der Waals surface area contributed by atoms with Crippen molar-refractivity contribution in [2.24, 2.45) is 0 Å². The number of hydrogen-bond acceptors (Lipinski definition) is 2. The van der Waals surface area contributed by atoms with Gasteiger partial charge in [-0.15, -0.1) is 0 Å². The van der Waals surface area contributed by atoms with Crippen molar-refractivity contribution < 1.29 is 4.42 Å². The molecule has 0 fully saturated rings. The van der Waals surface area contributed by atoms with Gasteiger partial charge in [0.2, 0.25) is 0 Å². The van der Waals surface area contributed by atoms with Gasteiger partial charge in [-0.25, -0.2) is 0 Å². The molecule has 12 rings (SSSR count). The highest BCUT2D eigenvalue weighted by Gasteiger charge is 2.41. The summed E-state index contributed by atoms with van der Waals surface area (Å²) in [6, 6.07) is 88.6. The molecule has 2 heterocycles. The molecular formula is C58H40N2OSi. The summed E-state index contributed by atoms with van der Waals surface area (Å²) in [4.78, 5) is 2.43. The molecule has 292 valence electrons. The van der Waals surface area contributed by atoms with Crippen LogP contribution in [0.5, 0.6) is 0 Å². The van der Waals surface area contributed by atoms with Crippen LogP contribution in [0.15, 0.2) is 247 Å². The summed E-state index contributed by atoms with van der Waals surface area (Å²) < 4.78 is 9.12. The van der Waals surface area contributed by atoms with E-state index in [1.54, 1.807) is 0 Å².